The van der Waals surface area contributed by atoms with E-state index >= 15 is 0 Å². The lowest BCUT2D eigenvalue weighted by Gasteiger charge is -2.02. The molecule has 0 radical (unpaired) electrons. The maximum absolute atomic E-state index is 13.2. The summed E-state index contributed by atoms with van der Waals surface area (Å²) in [6, 6.07) is 2.66. The smallest absolute Gasteiger partial charge is 0.201 e. The van der Waals surface area contributed by atoms with Gasteiger partial charge in [0.15, 0.2) is 11.6 Å². The molecule has 0 amide bonds. The Balaban J connectivity index is 3.17. The quantitative estimate of drug-likeness (QED) is 0.518. The topological polar surface area (TPSA) is 9.23 Å². The summed E-state index contributed by atoms with van der Waals surface area (Å²) in [5, 5.41) is 0. The molecule has 0 aliphatic rings. The molecule has 0 aliphatic carbocycles. The van der Waals surface area contributed by atoms with Crippen LogP contribution in [-0.2, 0) is 0 Å². The van der Waals surface area contributed by atoms with Gasteiger partial charge in [0, 0.05) is 0 Å². The van der Waals surface area contributed by atoms with E-state index in [1.165, 1.54) is 19.2 Å². The molecule has 0 saturated heterocycles. The zero-order valence-corrected chi connectivity index (χ0v) is 8.16. The third kappa shape index (κ3) is 2.15. The third-order valence-electron chi connectivity index (χ3n) is 1.56. The molecule has 0 N–H and O–H groups in total. The van der Waals surface area contributed by atoms with Crippen molar-refractivity contribution in [1.82, 2.24) is 0 Å². The van der Waals surface area contributed by atoms with Crippen molar-refractivity contribution >= 4 is 11.6 Å². The first-order valence-electron chi connectivity index (χ1n) is 3.77. The fraction of sp³-hybridized carbons (Fsp3) is 0.200. The van der Waals surface area contributed by atoms with Gasteiger partial charge >= 0.3 is 0 Å². The SMILES string of the molecule is COc1ccc(C#CCCl)c(F)c1F. The van der Waals surface area contributed by atoms with Crippen LogP contribution in [0.25, 0.3) is 0 Å². The van der Waals surface area contributed by atoms with Crippen molar-refractivity contribution in [2.24, 2.45) is 0 Å². The molecule has 14 heavy (non-hydrogen) atoms. The van der Waals surface area contributed by atoms with Gasteiger partial charge in [-0.25, -0.2) is 4.39 Å². The minimum absolute atomic E-state index is 0.0241. The van der Waals surface area contributed by atoms with Gasteiger partial charge < -0.3 is 4.74 Å². The lowest BCUT2D eigenvalue weighted by molar-refractivity contribution is 0.371. The second kappa shape index (κ2) is 4.83. The van der Waals surface area contributed by atoms with Crippen molar-refractivity contribution < 1.29 is 13.5 Å². The van der Waals surface area contributed by atoms with Crippen LogP contribution in [0.1, 0.15) is 5.56 Å². The van der Waals surface area contributed by atoms with E-state index in [-0.39, 0.29) is 17.2 Å². The van der Waals surface area contributed by atoms with Gasteiger partial charge in [-0.3, -0.25) is 0 Å². The van der Waals surface area contributed by atoms with Gasteiger partial charge in [0.05, 0.1) is 18.6 Å². The Kier molecular flexibility index (Phi) is 3.73. The summed E-state index contributed by atoms with van der Waals surface area (Å²) >= 11 is 5.29. The molecule has 0 spiro atoms. The van der Waals surface area contributed by atoms with Gasteiger partial charge in [-0.2, -0.15) is 4.39 Å². The highest BCUT2D eigenvalue weighted by Gasteiger charge is 2.11. The molecule has 1 rings (SSSR count). The van der Waals surface area contributed by atoms with Crippen LogP contribution in [0.2, 0.25) is 0 Å². The largest absolute Gasteiger partial charge is 0.494 e. The fourth-order valence-corrected chi connectivity index (χ4v) is 0.981. The van der Waals surface area contributed by atoms with E-state index in [1.54, 1.807) is 0 Å². The fourth-order valence-electron chi connectivity index (χ4n) is 0.915. The summed E-state index contributed by atoms with van der Waals surface area (Å²) in [7, 11) is 1.27. The number of hydrogen-bond donors (Lipinski definition) is 0. The number of rotatable bonds is 1. The summed E-state index contributed by atoms with van der Waals surface area (Å²) in [4.78, 5) is 0. The molecule has 0 atom stereocenters. The molecular weight excluding hydrogens is 210 g/mol. The lowest BCUT2D eigenvalue weighted by atomic mass is 10.2. The normalized spacial score (nSPS) is 9.14. The molecule has 74 valence electrons. The second-order valence-electron chi connectivity index (χ2n) is 2.38. The summed E-state index contributed by atoms with van der Waals surface area (Å²) < 4.78 is 30.9. The molecule has 0 bridgehead atoms. The van der Waals surface area contributed by atoms with Crippen LogP contribution in [-0.4, -0.2) is 13.0 Å². The number of ether oxygens (including phenoxy) is 1. The maximum atomic E-state index is 13.2. The van der Waals surface area contributed by atoms with Crippen LogP contribution in [0.4, 0.5) is 8.78 Å². The summed E-state index contributed by atoms with van der Waals surface area (Å²) in [5.74, 6) is 2.73. The van der Waals surface area contributed by atoms with Crippen molar-refractivity contribution in [2.45, 2.75) is 0 Å². The zero-order chi connectivity index (χ0) is 10.6. The Labute approximate surface area is 85.6 Å². The van der Waals surface area contributed by atoms with Crippen LogP contribution in [0, 0.1) is 23.5 Å². The molecule has 1 nitrogen and oxygen atoms in total. The number of hydrogen-bond acceptors (Lipinski definition) is 1. The van der Waals surface area contributed by atoms with Crippen LogP contribution < -0.4 is 4.74 Å². The summed E-state index contributed by atoms with van der Waals surface area (Å²) in [6.45, 7) is 0. The van der Waals surface area contributed by atoms with Gasteiger partial charge in [-0.15, -0.1) is 11.6 Å². The molecule has 1 aromatic rings. The van der Waals surface area contributed by atoms with E-state index in [4.69, 9.17) is 11.6 Å². The molecular formula is C10H7ClF2O. The Morgan fingerprint density at radius 3 is 2.64 bits per heavy atom. The first kappa shape index (κ1) is 10.8. The van der Waals surface area contributed by atoms with Crippen LogP contribution in [0.3, 0.4) is 0 Å². The lowest BCUT2D eigenvalue weighted by Crippen LogP contribution is -1.94. The summed E-state index contributed by atoms with van der Waals surface area (Å²) in [6.07, 6.45) is 0. The number of alkyl halides is 1. The van der Waals surface area contributed by atoms with Crippen molar-refractivity contribution in [3.8, 4) is 17.6 Å². The molecule has 0 aromatic heterocycles. The second-order valence-corrected chi connectivity index (χ2v) is 2.65. The first-order chi connectivity index (χ1) is 6.70. The zero-order valence-electron chi connectivity index (χ0n) is 7.40. The van der Waals surface area contributed by atoms with Crippen molar-refractivity contribution in [3.05, 3.63) is 29.3 Å². The van der Waals surface area contributed by atoms with E-state index < -0.39 is 11.6 Å². The van der Waals surface area contributed by atoms with Gasteiger partial charge in [0.25, 0.3) is 0 Å². The molecule has 1 aromatic carbocycles. The third-order valence-corrected chi connectivity index (χ3v) is 1.69. The number of halogens is 3. The van der Waals surface area contributed by atoms with Gasteiger partial charge in [0.1, 0.15) is 0 Å². The van der Waals surface area contributed by atoms with Gasteiger partial charge in [0.2, 0.25) is 5.82 Å². The molecule has 0 unspecified atom stereocenters. The average Bonchev–Trinajstić information content (AvgIpc) is 2.20. The van der Waals surface area contributed by atoms with Gasteiger partial charge in [-0.05, 0) is 12.1 Å². The van der Waals surface area contributed by atoms with Crippen molar-refractivity contribution in [2.75, 3.05) is 13.0 Å². The predicted octanol–water partition coefficient (Wildman–Crippen LogP) is 2.56. The average molecular weight is 217 g/mol. The first-order valence-corrected chi connectivity index (χ1v) is 4.31. The van der Waals surface area contributed by atoms with E-state index in [0.29, 0.717) is 0 Å². The highest BCUT2D eigenvalue weighted by Crippen LogP contribution is 2.21. The molecule has 4 heteroatoms. The minimum Gasteiger partial charge on any atom is -0.494 e. The Morgan fingerprint density at radius 1 is 1.36 bits per heavy atom. The van der Waals surface area contributed by atoms with Crippen LogP contribution >= 0.6 is 11.6 Å². The summed E-state index contributed by atoms with van der Waals surface area (Å²) in [5.41, 5.74) is -0.0241. The van der Waals surface area contributed by atoms with Gasteiger partial charge in [-0.1, -0.05) is 11.8 Å². The standard InChI is InChI=1S/C10H7ClF2O/c1-14-8-5-4-7(3-2-6-11)9(12)10(8)13/h4-5H,6H2,1H3. The highest BCUT2D eigenvalue weighted by molar-refractivity contribution is 6.19. The van der Waals surface area contributed by atoms with E-state index in [2.05, 4.69) is 16.6 Å². The molecule has 0 heterocycles. The molecule has 0 saturated carbocycles. The number of methoxy groups -OCH3 is 1. The Morgan fingerprint density at radius 2 is 2.07 bits per heavy atom. The van der Waals surface area contributed by atoms with Crippen molar-refractivity contribution in [3.63, 3.8) is 0 Å². The maximum Gasteiger partial charge on any atom is 0.201 e. The number of benzene rings is 1. The highest BCUT2D eigenvalue weighted by atomic mass is 35.5. The Bertz CT molecular complexity index is 393. The van der Waals surface area contributed by atoms with Crippen LogP contribution in [0.15, 0.2) is 12.1 Å². The molecule has 0 aliphatic heterocycles. The van der Waals surface area contributed by atoms with E-state index in [0.717, 1.165) is 0 Å². The molecule has 0 fully saturated rings. The Hall–Kier alpha value is -1.27. The van der Waals surface area contributed by atoms with Crippen molar-refractivity contribution in [1.29, 1.82) is 0 Å². The van der Waals surface area contributed by atoms with E-state index in [9.17, 15) is 8.78 Å². The monoisotopic (exact) mass is 216 g/mol. The van der Waals surface area contributed by atoms with E-state index in [1.807, 2.05) is 0 Å². The predicted molar refractivity (Wildman–Crippen MR) is 50.5 cm³/mol. The minimum atomic E-state index is -1.03. The van der Waals surface area contributed by atoms with Crippen LogP contribution in [0.5, 0.6) is 5.75 Å².